The maximum absolute atomic E-state index is 13.7. The molecule has 0 saturated carbocycles. The first-order valence-electron chi connectivity index (χ1n) is 6.17. The fourth-order valence-corrected chi connectivity index (χ4v) is 2.92. The number of hydrogen-bond donors (Lipinski definition) is 1. The van der Waals surface area contributed by atoms with Crippen LogP contribution in [-0.2, 0) is 5.75 Å². The molecule has 0 aliphatic rings. The quantitative estimate of drug-likeness (QED) is 0.404. The third-order valence-electron chi connectivity index (χ3n) is 3.08. The van der Waals surface area contributed by atoms with Crippen molar-refractivity contribution in [1.82, 2.24) is 4.98 Å². The van der Waals surface area contributed by atoms with Gasteiger partial charge in [0.05, 0.1) is 10.6 Å². The van der Waals surface area contributed by atoms with Gasteiger partial charge in [-0.25, -0.2) is 4.39 Å². The van der Waals surface area contributed by atoms with Gasteiger partial charge < -0.3 is 5.73 Å². The number of nitro groups is 1. The SMILES string of the molecule is Cc1cnc(CSc2ccc(N)cc2F)c(C)c1[N+](=O)[O-]. The minimum atomic E-state index is -0.412. The van der Waals surface area contributed by atoms with E-state index in [1.54, 1.807) is 26.0 Å². The van der Waals surface area contributed by atoms with E-state index < -0.39 is 10.7 Å². The van der Waals surface area contributed by atoms with Gasteiger partial charge >= 0.3 is 0 Å². The maximum atomic E-state index is 13.7. The van der Waals surface area contributed by atoms with Crippen LogP contribution in [-0.4, -0.2) is 9.91 Å². The van der Waals surface area contributed by atoms with Crippen molar-refractivity contribution in [3.63, 3.8) is 0 Å². The Hall–Kier alpha value is -2.15. The number of anilines is 1. The van der Waals surface area contributed by atoms with E-state index >= 15 is 0 Å². The number of aryl methyl sites for hydroxylation is 1. The van der Waals surface area contributed by atoms with Gasteiger partial charge in [0.25, 0.3) is 5.69 Å². The van der Waals surface area contributed by atoms with Crippen LogP contribution in [0.5, 0.6) is 0 Å². The van der Waals surface area contributed by atoms with E-state index in [9.17, 15) is 14.5 Å². The number of thioether (sulfide) groups is 1. The van der Waals surface area contributed by atoms with Gasteiger partial charge in [-0.3, -0.25) is 15.1 Å². The fraction of sp³-hybridized carbons (Fsp3) is 0.214. The topological polar surface area (TPSA) is 82.0 Å². The van der Waals surface area contributed by atoms with Gasteiger partial charge in [-0.1, -0.05) is 0 Å². The van der Waals surface area contributed by atoms with Crippen molar-refractivity contribution in [2.24, 2.45) is 0 Å². The molecule has 1 aromatic heterocycles. The molecule has 2 aromatic rings. The summed E-state index contributed by atoms with van der Waals surface area (Å²) in [5.41, 5.74) is 7.53. The lowest BCUT2D eigenvalue weighted by Crippen LogP contribution is -2.01. The van der Waals surface area contributed by atoms with Gasteiger partial charge in [0, 0.05) is 33.7 Å². The van der Waals surface area contributed by atoms with Gasteiger partial charge in [0.15, 0.2) is 0 Å². The molecule has 2 rings (SSSR count). The van der Waals surface area contributed by atoms with Crippen LogP contribution in [0.15, 0.2) is 29.3 Å². The predicted octanol–water partition coefficient (Wildman–Crippen LogP) is 3.62. The van der Waals surface area contributed by atoms with Crippen LogP contribution >= 0.6 is 11.8 Å². The number of nitrogens with two attached hydrogens (primary N) is 1. The lowest BCUT2D eigenvalue weighted by molar-refractivity contribution is -0.386. The lowest BCUT2D eigenvalue weighted by Gasteiger charge is -2.08. The molecular weight excluding hydrogens is 293 g/mol. The highest BCUT2D eigenvalue weighted by atomic mass is 32.2. The van der Waals surface area contributed by atoms with Crippen LogP contribution in [0.2, 0.25) is 0 Å². The van der Waals surface area contributed by atoms with E-state index in [-0.39, 0.29) is 5.69 Å². The van der Waals surface area contributed by atoms with Gasteiger partial charge in [-0.2, -0.15) is 0 Å². The molecule has 0 bridgehead atoms. The van der Waals surface area contributed by atoms with Crippen molar-refractivity contribution in [2.45, 2.75) is 24.5 Å². The number of rotatable bonds is 4. The summed E-state index contributed by atoms with van der Waals surface area (Å²) in [6, 6.07) is 4.46. The van der Waals surface area contributed by atoms with Crippen molar-refractivity contribution in [3.05, 3.63) is 57.1 Å². The minimum Gasteiger partial charge on any atom is -0.399 e. The van der Waals surface area contributed by atoms with Crippen LogP contribution in [0.3, 0.4) is 0 Å². The molecule has 0 atom stereocenters. The molecule has 2 N–H and O–H groups in total. The smallest absolute Gasteiger partial charge is 0.278 e. The minimum absolute atomic E-state index is 0.0679. The molecule has 0 spiro atoms. The summed E-state index contributed by atoms with van der Waals surface area (Å²) < 4.78 is 13.7. The third-order valence-corrected chi connectivity index (χ3v) is 4.14. The molecule has 0 aliphatic heterocycles. The molecule has 0 aliphatic carbocycles. The summed E-state index contributed by atoms with van der Waals surface area (Å²) in [4.78, 5) is 15.3. The predicted molar refractivity (Wildman–Crippen MR) is 80.7 cm³/mol. The van der Waals surface area contributed by atoms with Crippen molar-refractivity contribution in [2.75, 3.05) is 5.73 Å². The molecule has 5 nitrogen and oxygen atoms in total. The number of nitrogens with zero attached hydrogens (tertiary/aromatic N) is 2. The number of benzene rings is 1. The largest absolute Gasteiger partial charge is 0.399 e. The molecular formula is C14H14FN3O2S. The zero-order valence-corrected chi connectivity index (χ0v) is 12.4. The zero-order chi connectivity index (χ0) is 15.6. The second kappa shape index (κ2) is 6.09. The third kappa shape index (κ3) is 3.30. The van der Waals surface area contributed by atoms with Crippen LogP contribution in [0.4, 0.5) is 15.8 Å². The average molecular weight is 307 g/mol. The average Bonchev–Trinajstić information content (AvgIpc) is 2.39. The highest BCUT2D eigenvalue weighted by molar-refractivity contribution is 7.98. The first-order valence-corrected chi connectivity index (χ1v) is 7.16. The lowest BCUT2D eigenvalue weighted by atomic mass is 10.1. The highest BCUT2D eigenvalue weighted by Crippen LogP contribution is 2.30. The summed E-state index contributed by atoms with van der Waals surface area (Å²) >= 11 is 1.23. The second-order valence-corrected chi connectivity index (χ2v) is 5.61. The van der Waals surface area contributed by atoms with E-state index in [0.29, 0.717) is 33.2 Å². The maximum Gasteiger partial charge on any atom is 0.278 e. The van der Waals surface area contributed by atoms with E-state index in [1.165, 1.54) is 24.0 Å². The van der Waals surface area contributed by atoms with Crippen LogP contribution < -0.4 is 5.73 Å². The Kier molecular flexibility index (Phi) is 4.42. The van der Waals surface area contributed by atoms with Gasteiger partial charge in [-0.05, 0) is 32.0 Å². The molecule has 0 amide bonds. The van der Waals surface area contributed by atoms with Crippen molar-refractivity contribution in [3.8, 4) is 0 Å². The van der Waals surface area contributed by atoms with Crippen molar-refractivity contribution >= 4 is 23.1 Å². The summed E-state index contributed by atoms with van der Waals surface area (Å²) in [5.74, 6) is -0.0485. The summed E-state index contributed by atoms with van der Waals surface area (Å²) in [7, 11) is 0. The first kappa shape index (κ1) is 15.2. The molecule has 21 heavy (non-hydrogen) atoms. The van der Waals surface area contributed by atoms with E-state index in [4.69, 9.17) is 5.73 Å². The van der Waals surface area contributed by atoms with E-state index in [1.807, 2.05) is 0 Å². The Morgan fingerprint density at radius 1 is 1.43 bits per heavy atom. The van der Waals surface area contributed by atoms with E-state index in [0.717, 1.165) is 0 Å². The molecule has 110 valence electrons. The number of hydrogen-bond acceptors (Lipinski definition) is 5. The molecule has 0 fully saturated rings. The summed E-state index contributed by atoms with van der Waals surface area (Å²) in [6.45, 7) is 3.31. The van der Waals surface area contributed by atoms with Gasteiger partial charge in [-0.15, -0.1) is 11.8 Å². The molecule has 0 radical (unpaired) electrons. The first-order chi connectivity index (χ1) is 9.90. The monoisotopic (exact) mass is 307 g/mol. The Morgan fingerprint density at radius 2 is 2.14 bits per heavy atom. The van der Waals surface area contributed by atoms with Gasteiger partial charge in [0.1, 0.15) is 5.82 Å². The number of pyridine rings is 1. The number of aromatic nitrogens is 1. The normalized spacial score (nSPS) is 10.6. The van der Waals surface area contributed by atoms with Crippen LogP contribution in [0.25, 0.3) is 0 Å². The fourth-order valence-electron chi connectivity index (χ4n) is 1.97. The van der Waals surface area contributed by atoms with Crippen molar-refractivity contribution in [1.29, 1.82) is 0 Å². The van der Waals surface area contributed by atoms with Crippen molar-refractivity contribution < 1.29 is 9.31 Å². The highest BCUT2D eigenvalue weighted by Gasteiger charge is 2.18. The zero-order valence-electron chi connectivity index (χ0n) is 11.6. The van der Waals surface area contributed by atoms with E-state index in [2.05, 4.69) is 4.98 Å². The Bertz CT molecular complexity index is 707. The Morgan fingerprint density at radius 3 is 2.76 bits per heavy atom. The standard InChI is InChI=1S/C14H14FN3O2S/c1-8-6-17-12(9(2)14(8)18(19)20)7-21-13-4-3-10(16)5-11(13)15/h3-6H,7,16H2,1-2H3. The Balaban J connectivity index is 2.24. The summed E-state index contributed by atoms with van der Waals surface area (Å²) in [5, 5.41) is 11.1. The number of nitrogen functional groups attached to an aromatic ring is 1. The molecule has 0 unspecified atom stereocenters. The summed E-state index contributed by atoms with van der Waals surface area (Å²) in [6.07, 6.45) is 1.47. The van der Waals surface area contributed by atoms with Crippen LogP contribution in [0, 0.1) is 29.8 Å². The molecule has 7 heteroatoms. The van der Waals surface area contributed by atoms with Crippen LogP contribution in [0.1, 0.15) is 16.8 Å². The molecule has 1 aromatic carbocycles. The van der Waals surface area contributed by atoms with Gasteiger partial charge in [0.2, 0.25) is 0 Å². The molecule has 0 saturated heterocycles. The second-order valence-electron chi connectivity index (χ2n) is 4.60. The number of halogens is 1. The molecule has 1 heterocycles. The Labute approximate surface area is 125 Å².